The number of benzene rings is 1. The molecule has 0 aliphatic carbocycles. The number of hydrogen-bond donors (Lipinski definition) is 0. The van der Waals surface area contributed by atoms with Crippen molar-refractivity contribution >= 4 is 22.8 Å². The fourth-order valence-electron chi connectivity index (χ4n) is 2.05. The molecule has 0 N–H and O–H groups in total. The fraction of sp³-hybridized carbons (Fsp3) is 0.286. The first kappa shape index (κ1) is 13.8. The molecule has 0 atom stereocenters. The van der Waals surface area contributed by atoms with E-state index in [-0.39, 0.29) is 0 Å². The third-order valence-electron chi connectivity index (χ3n) is 3.06. The molecule has 3 rings (SSSR count). The van der Waals surface area contributed by atoms with Crippen molar-refractivity contribution in [2.24, 2.45) is 0 Å². The number of ether oxygens (including phenoxy) is 1. The molecule has 7 heteroatoms. The van der Waals surface area contributed by atoms with Crippen LogP contribution in [0.3, 0.4) is 0 Å². The van der Waals surface area contributed by atoms with Crippen LogP contribution in [0.1, 0.15) is 6.42 Å². The zero-order chi connectivity index (χ0) is 14.7. The summed E-state index contributed by atoms with van der Waals surface area (Å²) >= 11 is 5.74. The van der Waals surface area contributed by atoms with Crippen molar-refractivity contribution in [1.82, 2.24) is 25.0 Å². The van der Waals surface area contributed by atoms with Crippen molar-refractivity contribution in [2.75, 3.05) is 13.0 Å². The van der Waals surface area contributed by atoms with Crippen molar-refractivity contribution in [3.8, 4) is 17.3 Å². The smallest absolute Gasteiger partial charge is 0.247 e. The van der Waals surface area contributed by atoms with Crippen LogP contribution in [-0.4, -0.2) is 38.0 Å². The molecule has 0 fully saturated rings. The lowest BCUT2D eigenvalue weighted by Gasteiger charge is -2.05. The lowest BCUT2D eigenvalue weighted by atomic mass is 10.2. The summed E-state index contributed by atoms with van der Waals surface area (Å²) in [5.74, 6) is 1.58. The molecule has 0 unspecified atom stereocenters. The Morgan fingerprint density at radius 3 is 2.71 bits per heavy atom. The summed E-state index contributed by atoms with van der Waals surface area (Å²) in [6.45, 7) is 0.661. The van der Waals surface area contributed by atoms with Gasteiger partial charge in [0.1, 0.15) is 0 Å². The Kier molecular flexibility index (Phi) is 3.96. The maximum absolute atomic E-state index is 5.74. The van der Waals surface area contributed by atoms with Gasteiger partial charge in [-0.15, -0.1) is 16.7 Å². The number of halogens is 1. The highest BCUT2D eigenvalue weighted by Gasteiger charge is 2.15. The summed E-state index contributed by atoms with van der Waals surface area (Å²) in [7, 11) is 1.56. The van der Waals surface area contributed by atoms with Crippen molar-refractivity contribution in [1.29, 1.82) is 0 Å². The van der Waals surface area contributed by atoms with E-state index >= 15 is 0 Å². The van der Waals surface area contributed by atoms with Gasteiger partial charge in [-0.1, -0.05) is 35.5 Å². The number of aryl methyl sites for hydroxylation is 1. The number of methoxy groups -OCH3 is 1. The van der Waals surface area contributed by atoms with Crippen LogP contribution in [0.2, 0.25) is 0 Å². The molecule has 1 aromatic carbocycles. The van der Waals surface area contributed by atoms with Gasteiger partial charge in [-0.3, -0.25) is 0 Å². The van der Waals surface area contributed by atoms with Gasteiger partial charge in [-0.05, 0) is 6.42 Å². The Labute approximate surface area is 126 Å². The quantitative estimate of drug-likeness (QED) is 0.678. The van der Waals surface area contributed by atoms with E-state index in [1.165, 1.54) is 0 Å². The van der Waals surface area contributed by atoms with Crippen LogP contribution in [0.5, 0.6) is 5.88 Å². The second-order valence-corrected chi connectivity index (χ2v) is 4.83. The van der Waals surface area contributed by atoms with Crippen molar-refractivity contribution in [2.45, 2.75) is 13.0 Å². The minimum Gasteiger partial charge on any atom is -0.479 e. The van der Waals surface area contributed by atoms with Gasteiger partial charge < -0.3 is 4.74 Å². The summed E-state index contributed by atoms with van der Waals surface area (Å²) in [5, 5.41) is 8.20. The van der Waals surface area contributed by atoms with Crippen LogP contribution in [0, 0.1) is 0 Å². The largest absolute Gasteiger partial charge is 0.479 e. The fourth-order valence-corrected chi connectivity index (χ4v) is 2.17. The molecule has 21 heavy (non-hydrogen) atoms. The maximum atomic E-state index is 5.74. The van der Waals surface area contributed by atoms with E-state index in [0.29, 0.717) is 35.3 Å². The van der Waals surface area contributed by atoms with Crippen LogP contribution >= 0.6 is 11.6 Å². The van der Waals surface area contributed by atoms with Gasteiger partial charge in [-0.25, -0.2) is 9.67 Å². The average Bonchev–Trinajstić information content (AvgIpc) is 2.96. The summed E-state index contributed by atoms with van der Waals surface area (Å²) in [6.07, 6.45) is 0.799. The van der Waals surface area contributed by atoms with Gasteiger partial charge in [0.05, 0.1) is 7.11 Å². The standard InChI is InChI=1S/C14H14ClN5O/c1-21-14-11-13(20(19-18-11)9-5-8-15)16-12(17-14)10-6-3-2-4-7-10/h2-4,6-7H,5,8-9H2,1H3. The van der Waals surface area contributed by atoms with E-state index in [2.05, 4.69) is 20.3 Å². The predicted molar refractivity (Wildman–Crippen MR) is 80.4 cm³/mol. The normalized spacial score (nSPS) is 11.0. The Balaban J connectivity index is 2.14. The SMILES string of the molecule is COc1nc(-c2ccccc2)nc2c1nnn2CCCCl. The van der Waals surface area contributed by atoms with Gasteiger partial charge >= 0.3 is 0 Å². The Morgan fingerprint density at radius 1 is 1.19 bits per heavy atom. The third kappa shape index (κ3) is 2.67. The molecule has 0 saturated carbocycles. The molecule has 0 spiro atoms. The van der Waals surface area contributed by atoms with Crippen LogP contribution in [0.25, 0.3) is 22.6 Å². The lowest BCUT2D eigenvalue weighted by Crippen LogP contribution is -2.03. The van der Waals surface area contributed by atoms with E-state index in [1.54, 1.807) is 11.8 Å². The molecule has 108 valence electrons. The van der Waals surface area contributed by atoms with Gasteiger partial charge in [-0.2, -0.15) is 4.98 Å². The molecule has 0 bridgehead atoms. The molecule has 6 nitrogen and oxygen atoms in total. The summed E-state index contributed by atoms with van der Waals surface area (Å²) in [4.78, 5) is 8.98. The van der Waals surface area contributed by atoms with Crippen LogP contribution in [0.4, 0.5) is 0 Å². The van der Waals surface area contributed by atoms with Crippen molar-refractivity contribution in [3.05, 3.63) is 30.3 Å². The van der Waals surface area contributed by atoms with E-state index in [1.807, 2.05) is 30.3 Å². The topological polar surface area (TPSA) is 65.7 Å². The van der Waals surface area contributed by atoms with E-state index in [9.17, 15) is 0 Å². The molecule has 0 aliphatic rings. The summed E-state index contributed by atoms with van der Waals surface area (Å²) in [5.41, 5.74) is 2.14. The van der Waals surface area contributed by atoms with Crippen molar-refractivity contribution in [3.63, 3.8) is 0 Å². The lowest BCUT2D eigenvalue weighted by molar-refractivity contribution is 0.402. The van der Waals surface area contributed by atoms with Crippen LogP contribution in [0.15, 0.2) is 30.3 Å². The highest BCUT2D eigenvalue weighted by atomic mass is 35.5. The molecule has 2 aromatic heterocycles. The Bertz CT molecular complexity index is 744. The van der Waals surface area contributed by atoms with Gasteiger partial charge in [0.15, 0.2) is 17.0 Å². The average molecular weight is 304 g/mol. The second kappa shape index (κ2) is 6.05. The predicted octanol–water partition coefficient (Wildman–Crippen LogP) is 2.53. The van der Waals surface area contributed by atoms with E-state index < -0.39 is 0 Å². The maximum Gasteiger partial charge on any atom is 0.247 e. The van der Waals surface area contributed by atoms with Crippen LogP contribution in [-0.2, 0) is 6.54 Å². The molecule has 2 heterocycles. The number of fused-ring (bicyclic) bond motifs is 1. The van der Waals surface area contributed by atoms with Gasteiger partial charge in [0.2, 0.25) is 5.88 Å². The first-order valence-corrected chi connectivity index (χ1v) is 7.13. The first-order chi connectivity index (χ1) is 10.3. The minimum absolute atomic E-state index is 0.427. The molecular weight excluding hydrogens is 290 g/mol. The number of alkyl halides is 1. The van der Waals surface area contributed by atoms with Crippen LogP contribution < -0.4 is 4.74 Å². The molecule has 0 aliphatic heterocycles. The zero-order valence-corrected chi connectivity index (χ0v) is 12.3. The third-order valence-corrected chi connectivity index (χ3v) is 3.33. The Hall–Kier alpha value is -2.21. The van der Waals surface area contributed by atoms with Gasteiger partial charge in [0.25, 0.3) is 0 Å². The highest BCUT2D eigenvalue weighted by Crippen LogP contribution is 2.24. The number of rotatable bonds is 5. The molecule has 0 amide bonds. The first-order valence-electron chi connectivity index (χ1n) is 6.60. The van der Waals surface area contributed by atoms with Gasteiger partial charge in [0, 0.05) is 18.0 Å². The highest BCUT2D eigenvalue weighted by molar-refractivity contribution is 6.17. The zero-order valence-electron chi connectivity index (χ0n) is 11.5. The van der Waals surface area contributed by atoms with E-state index in [0.717, 1.165) is 12.0 Å². The Morgan fingerprint density at radius 2 is 2.00 bits per heavy atom. The molecule has 0 saturated heterocycles. The monoisotopic (exact) mass is 303 g/mol. The molecular formula is C14H14ClN5O. The summed E-state index contributed by atoms with van der Waals surface area (Å²) in [6, 6.07) is 9.74. The molecule has 3 aromatic rings. The van der Waals surface area contributed by atoms with Crippen molar-refractivity contribution < 1.29 is 4.74 Å². The minimum atomic E-state index is 0.427. The number of aromatic nitrogens is 5. The molecule has 0 radical (unpaired) electrons. The number of nitrogens with zero attached hydrogens (tertiary/aromatic N) is 5. The number of hydrogen-bond acceptors (Lipinski definition) is 5. The van der Waals surface area contributed by atoms with E-state index in [4.69, 9.17) is 16.3 Å². The summed E-state index contributed by atoms with van der Waals surface area (Å²) < 4.78 is 7.04. The second-order valence-electron chi connectivity index (χ2n) is 4.45.